The minimum atomic E-state index is -1.15. The Morgan fingerprint density at radius 2 is 1.95 bits per heavy atom. The van der Waals surface area contributed by atoms with E-state index in [9.17, 15) is 14.0 Å². The number of aliphatic carboxylic acids is 1. The van der Waals surface area contributed by atoms with Gasteiger partial charge >= 0.3 is 5.97 Å². The van der Waals surface area contributed by atoms with Crippen LogP contribution in [0.5, 0.6) is 0 Å². The van der Waals surface area contributed by atoms with Crippen LogP contribution in [0.15, 0.2) is 24.3 Å². The third-order valence-corrected chi connectivity index (χ3v) is 2.71. The van der Waals surface area contributed by atoms with Crippen molar-refractivity contribution in [1.29, 1.82) is 0 Å². The van der Waals surface area contributed by atoms with Gasteiger partial charge < -0.3 is 10.0 Å². The van der Waals surface area contributed by atoms with E-state index in [0.717, 1.165) is 18.2 Å². The molecule has 0 saturated heterocycles. The molecule has 114 valence electrons. The largest absolute Gasteiger partial charge is 0.478 e. The second kappa shape index (κ2) is 6.52. The average molecular weight is 293 g/mol. The molecule has 0 atom stereocenters. The molecule has 4 nitrogen and oxygen atoms in total. The van der Waals surface area contributed by atoms with E-state index in [1.165, 1.54) is 12.1 Å². The molecule has 0 aliphatic rings. The Hall–Kier alpha value is -2.17. The van der Waals surface area contributed by atoms with Crippen LogP contribution in [-0.2, 0) is 4.79 Å². The molecular formula is C16H20FNO3. The predicted molar refractivity (Wildman–Crippen MR) is 79.5 cm³/mol. The van der Waals surface area contributed by atoms with E-state index in [-0.39, 0.29) is 22.4 Å². The van der Waals surface area contributed by atoms with Gasteiger partial charge in [0.25, 0.3) is 5.91 Å². The Bertz CT molecular complexity index is 573. The number of hydrogen-bond donors (Lipinski definition) is 1. The summed E-state index contributed by atoms with van der Waals surface area (Å²) in [5.41, 5.74) is 0.326. The van der Waals surface area contributed by atoms with Crippen molar-refractivity contribution in [2.45, 2.75) is 20.8 Å². The number of carbonyl (C=O) groups excluding carboxylic acids is 1. The Balaban J connectivity index is 2.93. The maximum Gasteiger partial charge on any atom is 0.328 e. The van der Waals surface area contributed by atoms with Crippen LogP contribution < -0.4 is 0 Å². The van der Waals surface area contributed by atoms with Crippen LogP contribution in [0.25, 0.3) is 6.08 Å². The molecule has 1 aromatic carbocycles. The van der Waals surface area contributed by atoms with Gasteiger partial charge in [0, 0.05) is 30.8 Å². The summed E-state index contributed by atoms with van der Waals surface area (Å²) in [4.78, 5) is 24.2. The Morgan fingerprint density at radius 1 is 1.33 bits per heavy atom. The number of rotatable bonds is 4. The first kappa shape index (κ1) is 16.9. The van der Waals surface area contributed by atoms with Gasteiger partial charge in [0.2, 0.25) is 0 Å². The third kappa shape index (κ3) is 5.38. The molecule has 1 rings (SSSR count). The normalized spacial score (nSPS) is 11.7. The summed E-state index contributed by atoms with van der Waals surface area (Å²) in [5.74, 6) is -2.04. The molecule has 5 heteroatoms. The van der Waals surface area contributed by atoms with Gasteiger partial charge in [-0.3, -0.25) is 4.79 Å². The van der Waals surface area contributed by atoms with Gasteiger partial charge in [-0.15, -0.1) is 0 Å². The molecule has 0 heterocycles. The molecule has 0 bridgehead atoms. The highest BCUT2D eigenvalue weighted by Gasteiger charge is 2.19. The van der Waals surface area contributed by atoms with Gasteiger partial charge in [0.15, 0.2) is 0 Å². The molecule has 1 amide bonds. The fraction of sp³-hybridized carbons (Fsp3) is 0.375. The molecule has 21 heavy (non-hydrogen) atoms. The summed E-state index contributed by atoms with van der Waals surface area (Å²) >= 11 is 0. The molecule has 1 N–H and O–H groups in total. The number of carboxylic acids is 1. The van der Waals surface area contributed by atoms with Crippen LogP contribution in [0, 0.1) is 11.2 Å². The summed E-state index contributed by atoms with van der Waals surface area (Å²) in [6.45, 7) is 6.58. The van der Waals surface area contributed by atoms with E-state index in [2.05, 4.69) is 0 Å². The maximum atomic E-state index is 13.8. The zero-order valence-corrected chi connectivity index (χ0v) is 12.7. The molecule has 0 aromatic heterocycles. The Morgan fingerprint density at radius 3 is 2.43 bits per heavy atom. The van der Waals surface area contributed by atoms with Gasteiger partial charge in [-0.2, -0.15) is 0 Å². The van der Waals surface area contributed by atoms with E-state index in [1.54, 1.807) is 11.9 Å². The van der Waals surface area contributed by atoms with Crippen LogP contribution >= 0.6 is 0 Å². The molecule has 1 aromatic rings. The van der Waals surface area contributed by atoms with Gasteiger partial charge in [0.1, 0.15) is 5.82 Å². The highest BCUT2D eigenvalue weighted by molar-refractivity contribution is 5.94. The summed E-state index contributed by atoms with van der Waals surface area (Å²) in [5, 5.41) is 8.52. The number of nitrogens with zero attached hydrogens (tertiary/aromatic N) is 1. The van der Waals surface area contributed by atoms with E-state index in [4.69, 9.17) is 5.11 Å². The summed E-state index contributed by atoms with van der Waals surface area (Å²) < 4.78 is 13.8. The highest BCUT2D eigenvalue weighted by Crippen LogP contribution is 2.18. The van der Waals surface area contributed by atoms with Crippen LogP contribution in [0.1, 0.15) is 36.7 Å². The molecular weight excluding hydrogens is 273 g/mol. The number of hydrogen-bond acceptors (Lipinski definition) is 2. The first-order valence-corrected chi connectivity index (χ1v) is 6.56. The lowest BCUT2D eigenvalue weighted by atomic mass is 9.96. The predicted octanol–water partition coefficient (Wildman–Crippen LogP) is 3.04. The second-order valence-corrected chi connectivity index (χ2v) is 6.13. The van der Waals surface area contributed by atoms with Crippen molar-refractivity contribution in [2.24, 2.45) is 5.41 Å². The highest BCUT2D eigenvalue weighted by atomic mass is 19.1. The number of amides is 1. The quantitative estimate of drug-likeness (QED) is 0.868. The molecule has 0 unspecified atom stereocenters. The Labute approximate surface area is 123 Å². The molecule has 0 aliphatic carbocycles. The third-order valence-electron chi connectivity index (χ3n) is 2.71. The van der Waals surface area contributed by atoms with Crippen LogP contribution in [0.4, 0.5) is 4.39 Å². The number of halogens is 1. The lowest BCUT2D eigenvalue weighted by Gasteiger charge is -2.26. The van der Waals surface area contributed by atoms with Crippen molar-refractivity contribution >= 4 is 18.0 Å². The molecule has 0 spiro atoms. The average Bonchev–Trinajstić information content (AvgIpc) is 2.34. The fourth-order valence-corrected chi connectivity index (χ4v) is 1.96. The number of carbonyl (C=O) groups is 2. The maximum absolute atomic E-state index is 13.8. The van der Waals surface area contributed by atoms with Gasteiger partial charge in [-0.05, 0) is 23.6 Å². The van der Waals surface area contributed by atoms with Crippen LogP contribution in [0.2, 0.25) is 0 Å². The Kier molecular flexibility index (Phi) is 5.24. The minimum absolute atomic E-state index is 0.0485. The van der Waals surface area contributed by atoms with Crippen LogP contribution in [-0.4, -0.2) is 35.5 Å². The zero-order chi connectivity index (χ0) is 16.2. The van der Waals surface area contributed by atoms with E-state index in [0.29, 0.717) is 6.54 Å². The van der Waals surface area contributed by atoms with Crippen molar-refractivity contribution in [2.75, 3.05) is 13.6 Å². The zero-order valence-electron chi connectivity index (χ0n) is 12.7. The van der Waals surface area contributed by atoms with Crippen molar-refractivity contribution in [1.82, 2.24) is 4.90 Å². The SMILES string of the molecule is CN(CC(C)(C)C)C(=O)c1ccc(C=CC(=O)O)c(F)c1. The van der Waals surface area contributed by atoms with Crippen molar-refractivity contribution in [3.05, 3.63) is 41.2 Å². The molecule has 0 aliphatic heterocycles. The number of benzene rings is 1. The topological polar surface area (TPSA) is 57.6 Å². The van der Waals surface area contributed by atoms with E-state index in [1.807, 2.05) is 20.8 Å². The summed E-state index contributed by atoms with van der Waals surface area (Å²) in [7, 11) is 1.67. The monoisotopic (exact) mass is 293 g/mol. The summed E-state index contributed by atoms with van der Waals surface area (Å²) in [6.07, 6.45) is 2.01. The lowest BCUT2D eigenvalue weighted by Crippen LogP contribution is -2.34. The first-order valence-electron chi connectivity index (χ1n) is 6.56. The van der Waals surface area contributed by atoms with Crippen molar-refractivity contribution in [3.63, 3.8) is 0 Å². The summed E-state index contributed by atoms with van der Waals surface area (Å²) in [6, 6.07) is 4.02. The van der Waals surface area contributed by atoms with Crippen LogP contribution in [0.3, 0.4) is 0 Å². The van der Waals surface area contributed by atoms with Gasteiger partial charge in [0.05, 0.1) is 0 Å². The van der Waals surface area contributed by atoms with Gasteiger partial charge in [-0.1, -0.05) is 26.8 Å². The lowest BCUT2D eigenvalue weighted by molar-refractivity contribution is -0.131. The standard InChI is InChI=1S/C16H20FNO3/c1-16(2,3)10-18(4)15(21)12-6-5-11(13(17)9-12)7-8-14(19)20/h5-9H,10H2,1-4H3,(H,19,20). The molecule has 0 fully saturated rings. The molecule has 0 radical (unpaired) electrons. The van der Waals surface area contributed by atoms with E-state index < -0.39 is 11.8 Å². The molecule has 0 saturated carbocycles. The smallest absolute Gasteiger partial charge is 0.328 e. The second-order valence-electron chi connectivity index (χ2n) is 6.13. The fourth-order valence-electron chi connectivity index (χ4n) is 1.96. The van der Waals surface area contributed by atoms with Crippen molar-refractivity contribution in [3.8, 4) is 0 Å². The van der Waals surface area contributed by atoms with Crippen molar-refractivity contribution < 1.29 is 19.1 Å². The van der Waals surface area contributed by atoms with Gasteiger partial charge in [-0.25, -0.2) is 9.18 Å². The first-order chi connectivity index (χ1) is 9.60. The minimum Gasteiger partial charge on any atom is -0.478 e. The number of carboxylic acid groups (broad SMARTS) is 1. The van der Waals surface area contributed by atoms with E-state index >= 15 is 0 Å².